The minimum absolute atomic E-state index is 0.226. The predicted molar refractivity (Wildman–Crippen MR) is 173 cm³/mol. The summed E-state index contributed by atoms with van der Waals surface area (Å²) in [5.74, 6) is 0.550. The van der Waals surface area contributed by atoms with Crippen LogP contribution in [-0.4, -0.2) is 30.5 Å². The Kier molecular flexibility index (Phi) is 8.84. The third-order valence-corrected chi connectivity index (χ3v) is 7.75. The number of aromatic hydroxyl groups is 2. The molecule has 0 fully saturated rings. The van der Waals surface area contributed by atoms with E-state index in [0.29, 0.717) is 13.2 Å². The van der Waals surface area contributed by atoms with Crippen molar-refractivity contribution < 1.29 is 14.9 Å². The number of hydrogen-bond acceptors (Lipinski definition) is 4. The Morgan fingerprint density at radius 2 is 1.27 bits per heavy atom. The maximum Gasteiger partial charge on any atom is 0.142 e. The minimum Gasteiger partial charge on any atom is -0.507 e. The van der Waals surface area contributed by atoms with Crippen molar-refractivity contribution in [3.8, 4) is 33.8 Å². The van der Waals surface area contributed by atoms with E-state index in [1.54, 1.807) is 7.11 Å². The van der Waals surface area contributed by atoms with E-state index in [9.17, 15) is 10.2 Å². The molecule has 0 aliphatic heterocycles. The fourth-order valence-electron chi connectivity index (χ4n) is 5.99. The Bertz CT molecular complexity index is 1540. The van der Waals surface area contributed by atoms with E-state index in [-0.39, 0.29) is 16.9 Å². The Labute approximate surface area is 246 Å². The van der Waals surface area contributed by atoms with Crippen LogP contribution in [0.2, 0.25) is 0 Å². The van der Waals surface area contributed by atoms with E-state index in [1.165, 1.54) is 5.56 Å². The monoisotopic (exact) mass is 551 g/mol. The van der Waals surface area contributed by atoms with Crippen LogP contribution in [0.25, 0.3) is 22.3 Å². The number of anilines is 2. The standard InChI is InChI=1S/C37H45NO3/c1-23-17-26(4)34(27(5)18-23)30-20-24(2)19-29(35(30)39)28-13-10-11-14-32(28)38(15-12-16-41-9)33-22-25(3)21-31(36(33)40)37(6,7)8/h10-11,13-14,17-22,39-40H,12,15-16H2,1-9H3. The Morgan fingerprint density at radius 3 is 1.90 bits per heavy atom. The van der Waals surface area contributed by atoms with Crippen molar-refractivity contribution >= 4 is 11.4 Å². The van der Waals surface area contributed by atoms with Gasteiger partial charge in [0.15, 0.2) is 0 Å². The second-order valence-corrected chi connectivity index (χ2v) is 12.4. The van der Waals surface area contributed by atoms with Gasteiger partial charge in [-0.2, -0.15) is 0 Å². The summed E-state index contributed by atoms with van der Waals surface area (Å²) in [6, 6.07) is 20.7. The molecule has 4 nitrogen and oxygen atoms in total. The molecule has 0 radical (unpaired) electrons. The van der Waals surface area contributed by atoms with Crippen LogP contribution in [0.1, 0.15) is 60.6 Å². The van der Waals surface area contributed by atoms with Crippen LogP contribution in [0.4, 0.5) is 11.4 Å². The molecule has 0 unspecified atom stereocenters. The molecule has 4 aromatic carbocycles. The highest BCUT2D eigenvalue weighted by Gasteiger charge is 2.26. The SMILES string of the molecule is COCCCN(c1ccccc1-c1cc(C)cc(-c2c(C)cc(C)cc2C)c1O)c1cc(C)cc(C(C)(C)C)c1O. The highest BCUT2D eigenvalue weighted by atomic mass is 16.5. The van der Waals surface area contributed by atoms with Crippen LogP contribution in [0, 0.1) is 34.6 Å². The summed E-state index contributed by atoms with van der Waals surface area (Å²) >= 11 is 0. The Hall–Kier alpha value is -3.76. The van der Waals surface area contributed by atoms with Crippen molar-refractivity contribution in [2.24, 2.45) is 0 Å². The number of benzene rings is 4. The first-order valence-electron chi connectivity index (χ1n) is 14.4. The fourth-order valence-corrected chi connectivity index (χ4v) is 5.99. The number of rotatable bonds is 8. The van der Waals surface area contributed by atoms with Crippen LogP contribution in [-0.2, 0) is 10.2 Å². The quantitative estimate of drug-likeness (QED) is 0.214. The van der Waals surface area contributed by atoms with Crippen LogP contribution in [0.5, 0.6) is 11.5 Å². The van der Waals surface area contributed by atoms with Crippen molar-refractivity contribution in [3.05, 3.63) is 94.0 Å². The van der Waals surface area contributed by atoms with Gasteiger partial charge >= 0.3 is 0 Å². The summed E-state index contributed by atoms with van der Waals surface area (Å²) in [6.45, 7) is 18.1. The summed E-state index contributed by atoms with van der Waals surface area (Å²) in [6.07, 6.45) is 0.774. The molecule has 4 aromatic rings. The van der Waals surface area contributed by atoms with Gasteiger partial charge in [0.1, 0.15) is 11.5 Å². The molecule has 0 saturated heterocycles. The lowest BCUT2D eigenvalue weighted by molar-refractivity contribution is 0.196. The summed E-state index contributed by atoms with van der Waals surface area (Å²) in [4.78, 5) is 2.18. The topological polar surface area (TPSA) is 52.9 Å². The molecular weight excluding hydrogens is 506 g/mol. The number of methoxy groups -OCH3 is 1. The second-order valence-electron chi connectivity index (χ2n) is 12.4. The van der Waals surface area contributed by atoms with Gasteiger partial charge in [-0.25, -0.2) is 0 Å². The molecule has 4 heteroatoms. The third-order valence-electron chi connectivity index (χ3n) is 7.75. The Balaban J connectivity index is 1.98. The zero-order valence-corrected chi connectivity index (χ0v) is 26.1. The first-order valence-corrected chi connectivity index (χ1v) is 14.4. The van der Waals surface area contributed by atoms with E-state index in [4.69, 9.17) is 4.74 Å². The molecule has 0 spiro atoms. The van der Waals surface area contributed by atoms with Gasteiger partial charge in [0.25, 0.3) is 0 Å². The number of hydrogen-bond donors (Lipinski definition) is 2. The predicted octanol–water partition coefficient (Wildman–Crippen LogP) is 9.45. The molecule has 0 aliphatic rings. The zero-order chi connectivity index (χ0) is 30.1. The van der Waals surface area contributed by atoms with E-state index >= 15 is 0 Å². The normalized spacial score (nSPS) is 11.6. The van der Waals surface area contributed by atoms with Crippen molar-refractivity contribution in [2.75, 3.05) is 25.2 Å². The molecule has 41 heavy (non-hydrogen) atoms. The maximum atomic E-state index is 11.9. The summed E-state index contributed by atoms with van der Waals surface area (Å²) in [5, 5.41) is 23.5. The molecular formula is C37H45NO3. The van der Waals surface area contributed by atoms with Crippen LogP contribution >= 0.6 is 0 Å². The number of para-hydroxylation sites is 1. The van der Waals surface area contributed by atoms with Gasteiger partial charge in [-0.15, -0.1) is 0 Å². The van der Waals surface area contributed by atoms with Gasteiger partial charge in [0, 0.05) is 48.2 Å². The van der Waals surface area contributed by atoms with E-state index < -0.39 is 0 Å². The van der Waals surface area contributed by atoms with Crippen molar-refractivity contribution in [1.82, 2.24) is 0 Å². The van der Waals surface area contributed by atoms with Crippen molar-refractivity contribution in [2.45, 2.75) is 67.2 Å². The third kappa shape index (κ3) is 6.28. The highest BCUT2D eigenvalue weighted by molar-refractivity contribution is 5.91. The molecule has 0 bridgehead atoms. The van der Waals surface area contributed by atoms with E-state index in [0.717, 1.165) is 67.9 Å². The number of ether oxygens (including phenoxy) is 1. The summed E-state index contributed by atoms with van der Waals surface area (Å²) in [7, 11) is 1.71. The Morgan fingerprint density at radius 1 is 0.683 bits per heavy atom. The second kappa shape index (κ2) is 12.0. The minimum atomic E-state index is -0.226. The fraction of sp³-hybridized carbons (Fsp3) is 0.351. The van der Waals surface area contributed by atoms with Gasteiger partial charge in [0.2, 0.25) is 0 Å². The molecule has 0 heterocycles. The van der Waals surface area contributed by atoms with Crippen LogP contribution in [0.15, 0.2) is 60.7 Å². The molecule has 4 rings (SSSR count). The van der Waals surface area contributed by atoms with Gasteiger partial charge in [-0.1, -0.05) is 62.7 Å². The summed E-state index contributed by atoms with van der Waals surface area (Å²) in [5.41, 5.74) is 11.6. The average Bonchev–Trinajstić information content (AvgIpc) is 2.89. The van der Waals surface area contributed by atoms with E-state index in [1.807, 2.05) is 12.1 Å². The lowest BCUT2D eigenvalue weighted by atomic mass is 9.84. The van der Waals surface area contributed by atoms with Gasteiger partial charge in [-0.3, -0.25) is 0 Å². The average molecular weight is 552 g/mol. The number of nitrogens with zero attached hydrogens (tertiary/aromatic N) is 1. The van der Waals surface area contributed by atoms with Crippen molar-refractivity contribution in [3.63, 3.8) is 0 Å². The first kappa shape index (κ1) is 30.2. The molecule has 0 aromatic heterocycles. The lowest BCUT2D eigenvalue weighted by Gasteiger charge is -2.31. The number of phenolic OH excluding ortho intramolecular Hbond substituents is 2. The molecule has 216 valence electrons. The first-order chi connectivity index (χ1) is 19.3. The number of phenols is 2. The zero-order valence-electron chi connectivity index (χ0n) is 26.1. The molecule has 0 amide bonds. The molecule has 0 saturated carbocycles. The van der Waals surface area contributed by atoms with Gasteiger partial charge in [0.05, 0.1) is 5.69 Å². The van der Waals surface area contributed by atoms with Crippen LogP contribution in [0.3, 0.4) is 0 Å². The van der Waals surface area contributed by atoms with Crippen molar-refractivity contribution in [1.29, 1.82) is 0 Å². The maximum absolute atomic E-state index is 11.9. The van der Waals surface area contributed by atoms with Gasteiger partial charge < -0.3 is 19.8 Å². The lowest BCUT2D eigenvalue weighted by Crippen LogP contribution is -2.22. The summed E-state index contributed by atoms with van der Waals surface area (Å²) < 4.78 is 5.41. The molecule has 0 atom stereocenters. The molecule has 0 aliphatic carbocycles. The molecule has 2 N–H and O–H groups in total. The number of aryl methyl sites for hydroxylation is 5. The largest absolute Gasteiger partial charge is 0.507 e. The highest BCUT2D eigenvalue weighted by Crippen LogP contribution is 2.48. The van der Waals surface area contributed by atoms with Crippen LogP contribution < -0.4 is 4.90 Å². The van der Waals surface area contributed by atoms with E-state index in [2.05, 4.69) is 109 Å². The van der Waals surface area contributed by atoms with Gasteiger partial charge in [-0.05, 0) is 98.5 Å². The smallest absolute Gasteiger partial charge is 0.142 e.